The normalized spacial score (nSPS) is 24.7. The van der Waals surface area contributed by atoms with Crippen molar-refractivity contribution in [1.29, 1.82) is 0 Å². The molecule has 4 atom stereocenters. The van der Waals surface area contributed by atoms with Crippen LogP contribution < -0.4 is 4.74 Å². The molecule has 0 N–H and O–H groups in total. The molecule has 1 nitrogen and oxygen atoms in total. The van der Waals surface area contributed by atoms with Crippen LogP contribution in [0.15, 0.2) is 49.1 Å². The lowest BCUT2D eigenvalue weighted by molar-refractivity contribution is 0.115. The molecule has 0 spiro atoms. The summed E-state index contributed by atoms with van der Waals surface area (Å²) in [4.78, 5) is 0. The van der Waals surface area contributed by atoms with Gasteiger partial charge in [-0.25, -0.2) is 8.78 Å². The molecule has 0 amide bonds. The molecule has 32 heavy (non-hydrogen) atoms. The second-order valence-corrected chi connectivity index (χ2v) is 9.42. The van der Waals surface area contributed by atoms with Crippen LogP contribution in [0.25, 0.3) is 0 Å². The van der Waals surface area contributed by atoms with Crippen molar-refractivity contribution in [3.8, 4) is 17.6 Å². The van der Waals surface area contributed by atoms with Crippen LogP contribution in [0, 0.1) is 41.2 Å². The molecule has 0 bridgehead atoms. The number of ether oxygens (including phenoxy) is 1. The maximum atomic E-state index is 13.9. The van der Waals surface area contributed by atoms with Gasteiger partial charge in [0, 0.05) is 11.1 Å². The summed E-state index contributed by atoms with van der Waals surface area (Å²) >= 11 is 0. The van der Waals surface area contributed by atoms with Crippen molar-refractivity contribution < 1.29 is 13.5 Å². The minimum atomic E-state index is -0.738. The summed E-state index contributed by atoms with van der Waals surface area (Å²) in [5, 5.41) is 0. The van der Waals surface area contributed by atoms with E-state index in [0.717, 1.165) is 29.7 Å². The van der Waals surface area contributed by atoms with Crippen molar-refractivity contribution >= 4 is 0 Å². The number of fused-ring (bicyclic) bond motifs is 1. The van der Waals surface area contributed by atoms with E-state index in [-0.39, 0.29) is 5.75 Å². The summed E-state index contributed by atoms with van der Waals surface area (Å²) in [7, 11) is 1.25. The molecule has 0 radical (unpaired) electrons. The highest BCUT2D eigenvalue weighted by molar-refractivity contribution is 5.46. The van der Waals surface area contributed by atoms with Crippen LogP contribution in [-0.2, 0) is 0 Å². The number of hydrogen-bond acceptors (Lipinski definition) is 1. The van der Waals surface area contributed by atoms with Gasteiger partial charge in [0.25, 0.3) is 0 Å². The summed E-state index contributed by atoms with van der Waals surface area (Å²) in [6.07, 6.45) is 12.6. The SMILES string of the molecule is C=CCCC1CCC2CC(c3ccc(C#Cc4cc(F)c(OC)c(F)c4)cc3)CCC2C1. The Morgan fingerprint density at radius 2 is 1.59 bits per heavy atom. The van der Waals surface area contributed by atoms with E-state index in [9.17, 15) is 8.78 Å². The first kappa shape index (κ1) is 22.6. The van der Waals surface area contributed by atoms with Gasteiger partial charge in [-0.15, -0.1) is 6.58 Å². The van der Waals surface area contributed by atoms with Crippen molar-refractivity contribution in [2.75, 3.05) is 7.11 Å². The van der Waals surface area contributed by atoms with Crippen molar-refractivity contribution in [3.05, 3.63) is 77.4 Å². The number of rotatable bonds is 5. The molecule has 2 saturated carbocycles. The Morgan fingerprint density at radius 1 is 0.938 bits per heavy atom. The van der Waals surface area contributed by atoms with Crippen LogP contribution in [0.1, 0.15) is 74.0 Å². The topological polar surface area (TPSA) is 9.23 Å². The average Bonchev–Trinajstić information content (AvgIpc) is 2.81. The second kappa shape index (κ2) is 10.3. The minimum absolute atomic E-state index is 0.298. The molecule has 3 heteroatoms. The molecule has 0 saturated heterocycles. The minimum Gasteiger partial charge on any atom is -0.491 e. The molecule has 4 unspecified atom stereocenters. The van der Waals surface area contributed by atoms with Gasteiger partial charge in [-0.3, -0.25) is 0 Å². The first-order valence-electron chi connectivity index (χ1n) is 11.8. The summed E-state index contributed by atoms with van der Waals surface area (Å²) in [6, 6.07) is 10.8. The van der Waals surface area contributed by atoms with E-state index in [1.807, 2.05) is 12.1 Å². The van der Waals surface area contributed by atoms with Crippen molar-refractivity contribution in [3.63, 3.8) is 0 Å². The molecule has 2 aliphatic carbocycles. The maximum absolute atomic E-state index is 13.9. The van der Waals surface area contributed by atoms with Gasteiger partial charge in [-0.05, 0) is 98.4 Å². The van der Waals surface area contributed by atoms with Gasteiger partial charge in [0.2, 0.25) is 0 Å². The highest BCUT2D eigenvalue weighted by Gasteiger charge is 2.35. The molecule has 2 aromatic carbocycles. The summed E-state index contributed by atoms with van der Waals surface area (Å²) in [6.45, 7) is 3.87. The zero-order chi connectivity index (χ0) is 22.5. The Bertz CT molecular complexity index is 975. The van der Waals surface area contributed by atoms with Gasteiger partial charge in [-0.2, -0.15) is 0 Å². The zero-order valence-corrected chi connectivity index (χ0v) is 18.9. The first-order chi connectivity index (χ1) is 15.6. The number of benzene rings is 2. The van der Waals surface area contributed by atoms with Gasteiger partial charge in [-0.1, -0.05) is 36.5 Å². The fraction of sp³-hybridized carbons (Fsp3) is 0.448. The van der Waals surface area contributed by atoms with E-state index < -0.39 is 11.6 Å². The summed E-state index contributed by atoms with van der Waals surface area (Å²) in [5.74, 6) is 7.33. The predicted octanol–water partition coefficient (Wildman–Crippen LogP) is 7.64. The van der Waals surface area contributed by atoms with Gasteiger partial charge in [0.1, 0.15) is 0 Å². The van der Waals surface area contributed by atoms with Crippen LogP contribution in [-0.4, -0.2) is 7.11 Å². The molecule has 168 valence electrons. The fourth-order valence-electron chi connectivity index (χ4n) is 5.71. The number of halogens is 2. The molecule has 0 aliphatic heterocycles. The first-order valence-corrected chi connectivity index (χ1v) is 11.8. The fourth-order valence-corrected chi connectivity index (χ4v) is 5.71. The summed E-state index contributed by atoms with van der Waals surface area (Å²) < 4.78 is 32.4. The lowest BCUT2D eigenvalue weighted by atomic mass is 9.63. The van der Waals surface area contributed by atoms with Gasteiger partial charge in [0.05, 0.1) is 7.11 Å². The van der Waals surface area contributed by atoms with Crippen molar-refractivity contribution in [2.45, 2.75) is 57.3 Å². The van der Waals surface area contributed by atoms with E-state index in [4.69, 9.17) is 4.74 Å². The third-order valence-electron chi connectivity index (χ3n) is 7.44. The summed E-state index contributed by atoms with van der Waals surface area (Å²) in [5.41, 5.74) is 2.54. The number of hydrogen-bond donors (Lipinski definition) is 0. The van der Waals surface area contributed by atoms with E-state index in [0.29, 0.717) is 11.5 Å². The second-order valence-electron chi connectivity index (χ2n) is 9.42. The maximum Gasteiger partial charge on any atom is 0.190 e. The highest BCUT2D eigenvalue weighted by Crippen LogP contribution is 2.48. The predicted molar refractivity (Wildman–Crippen MR) is 126 cm³/mol. The van der Waals surface area contributed by atoms with Crippen LogP contribution in [0.2, 0.25) is 0 Å². The zero-order valence-electron chi connectivity index (χ0n) is 18.9. The molecule has 2 aliphatic rings. The monoisotopic (exact) mass is 434 g/mol. The Kier molecular flexibility index (Phi) is 7.30. The van der Waals surface area contributed by atoms with Crippen LogP contribution >= 0.6 is 0 Å². The lowest BCUT2D eigenvalue weighted by Gasteiger charge is -2.42. The van der Waals surface area contributed by atoms with Gasteiger partial charge in [0.15, 0.2) is 17.4 Å². The highest BCUT2D eigenvalue weighted by atomic mass is 19.1. The molecule has 0 aromatic heterocycles. The standard InChI is InChI=1S/C29H32F2O/c1-3-4-5-21-10-13-26-19-25(15-14-24(26)16-21)23-11-8-20(9-12-23)6-7-22-17-27(30)29(32-2)28(31)18-22/h3,8-9,11-12,17-18,21,24-26H,1,4-5,10,13-16,19H2,2H3. The molecule has 2 fully saturated rings. The number of allylic oxidation sites excluding steroid dienone is 1. The van der Waals surface area contributed by atoms with Crippen molar-refractivity contribution in [2.24, 2.45) is 17.8 Å². The molecule has 4 rings (SSSR count). The Morgan fingerprint density at radius 3 is 2.28 bits per heavy atom. The van der Waals surface area contributed by atoms with Gasteiger partial charge >= 0.3 is 0 Å². The largest absolute Gasteiger partial charge is 0.491 e. The Hall–Kier alpha value is -2.60. The average molecular weight is 435 g/mol. The third kappa shape index (κ3) is 5.23. The van der Waals surface area contributed by atoms with Crippen LogP contribution in [0.5, 0.6) is 5.75 Å². The third-order valence-corrected chi connectivity index (χ3v) is 7.44. The Balaban J connectivity index is 1.37. The van der Waals surface area contributed by atoms with Crippen molar-refractivity contribution in [1.82, 2.24) is 0 Å². The quantitative estimate of drug-likeness (QED) is 0.347. The Labute approximate surface area is 190 Å². The molecule has 0 heterocycles. The number of methoxy groups -OCH3 is 1. The van der Waals surface area contributed by atoms with E-state index >= 15 is 0 Å². The van der Waals surface area contributed by atoms with E-state index in [2.05, 4.69) is 36.6 Å². The van der Waals surface area contributed by atoms with E-state index in [1.54, 1.807) is 0 Å². The van der Waals surface area contributed by atoms with Gasteiger partial charge < -0.3 is 4.74 Å². The van der Waals surface area contributed by atoms with Crippen LogP contribution in [0.4, 0.5) is 8.78 Å². The molecular formula is C29H32F2O. The van der Waals surface area contributed by atoms with Crippen LogP contribution in [0.3, 0.4) is 0 Å². The smallest absolute Gasteiger partial charge is 0.190 e. The molecule has 2 aromatic rings. The lowest BCUT2D eigenvalue weighted by Crippen LogP contribution is -2.30. The molecular weight excluding hydrogens is 402 g/mol. The van der Waals surface area contributed by atoms with E-state index in [1.165, 1.54) is 69.8 Å².